The Morgan fingerprint density at radius 1 is 1.04 bits per heavy atom. The summed E-state index contributed by atoms with van der Waals surface area (Å²) in [7, 11) is 4.22. The number of likely N-dealkylation sites (N-methyl/N-ethyl adjacent to an activating group) is 1. The van der Waals surface area contributed by atoms with Gasteiger partial charge in [-0.3, -0.25) is 0 Å². The number of aromatic nitrogens is 2. The van der Waals surface area contributed by atoms with Gasteiger partial charge >= 0.3 is 0 Å². The Hall–Kier alpha value is -2.43. The Bertz CT molecular complexity index is 983. The molecule has 0 radical (unpaired) electrons. The molecule has 0 aliphatic rings. The Labute approximate surface area is 152 Å². The first kappa shape index (κ1) is 16.1. The molecule has 4 aromatic rings. The molecule has 2 aromatic heterocycles. The number of fused-ring (bicyclic) bond motifs is 1. The maximum Gasteiger partial charge on any atom is 0.124 e. The van der Waals surface area contributed by atoms with Crippen LogP contribution < -0.4 is 0 Å². The van der Waals surface area contributed by atoms with Gasteiger partial charge in [0, 0.05) is 40.2 Å². The lowest BCUT2D eigenvalue weighted by molar-refractivity contribution is 0.414. The number of H-pyrrole nitrogens is 1. The summed E-state index contributed by atoms with van der Waals surface area (Å²) in [6.07, 6.45) is 3.18. The summed E-state index contributed by atoms with van der Waals surface area (Å²) in [5.74, 6) is 0. The van der Waals surface area contributed by atoms with Crippen molar-refractivity contribution in [2.24, 2.45) is 0 Å². The third-order valence-corrected chi connectivity index (χ3v) is 5.31. The molecule has 4 heteroatoms. The smallest absolute Gasteiger partial charge is 0.124 e. The average Bonchev–Trinajstić information content (AvgIpc) is 3.27. The lowest BCUT2D eigenvalue weighted by Gasteiger charge is -2.08. The lowest BCUT2D eigenvalue weighted by Crippen LogP contribution is -2.14. The lowest BCUT2D eigenvalue weighted by atomic mass is 10.1. The highest BCUT2D eigenvalue weighted by molar-refractivity contribution is 7.13. The van der Waals surface area contributed by atoms with Gasteiger partial charge in [0.1, 0.15) is 5.01 Å². The van der Waals surface area contributed by atoms with Gasteiger partial charge in [-0.05, 0) is 44.3 Å². The summed E-state index contributed by atoms with van der Waals surface area (Å²) in [6, 6.07) is 16.9. The number of hydrogen-bond donors (Lipinski definition) is 1. The summed E-state index contributed by atoms with van der Waals surface area (Å²) < 4.78 is 0. The normalized spacial score (nSPS) is 11.5. The standard InChI is InChI=1S/C21H21N3S/c1-24(2)11-10-17-13-22-19-9-8-16(12-18(17)19)21-23-20(14-25-21)15-6-4-3-5-7-15/h3-9,12-14,22H,10-11H2,1-2H3. The van der Waals surface area contributed by atoms with Gasteiger partial charge in [-0.15, -0.1) is 11.3 Å². The monoisotopic (exact) mass is 347 g/mol. The number of thiazole rings is 1. The molecule has 0 saturated carbocycles. The largest absolute Gasteiger partial charge is 0.361 e. The van der Waals surface area contributed by atoms with Crippen LogP contribution in [0, 0.1) is 0 Å². The van der Waals surface area contributed by atoms with Gasteiger partial charge in [-0.2, -0.15) is 0 Å². The van der Waals surface area contributed by atoms with Gasteiger partial charge in [-0.25, -0.2) is 4.98 Å². The molecule has 0 aliphatic heterocycles. The third-order valence-electron chi connectivity index (χ3n) is 4.42. The van der Waals surface area contributed by atoms with Crippen molar-refractivity contribution in [1.82, 2.24) is 14.9 Å². The maximum atomic E-state index is 4.85. The van der Waals surface area contributed by atoms with Crippen LogP contribution in [-0.4, -0.2) is 35.5 Å². The maximum absolute atomic E-state index is 4.85. The highest BCUT2D eigenvalue weighted by Gasteiger charge is 2.10. The number of benzene rings is 2. The van der Waals surface area contributed by atoms with E-state index < -0.39 is 0 Å². The first-order chi connectivity index (χ1) is 12.2. The van der Waals surface area contributed by atoms with Crippen molar-refractivity contribution in [1.29, 1.82) is 0 Å². The molecule has 126 valence electrons. The zero-order valence-electron chi connectivity index (χ0n) is 14.5. The molecule has 1 N–H and O–H groups in total. The minimum Gasteiger partial charge on any atom is -0.361 e. The highest BCUT2D eigenvalue weighted by Crippen LogP contribution is 2.31. The minimum atomic E-state index is 1.04. The number of rotatable bonds is 5. The van der Waals surface area contributed by atoms with Crippen LogP contribution in [0.3, 0.4) is 0 Å². The molecule has 0 fully saturated rings. The molecule has 0 aliphatic carbocycles. The van der Waals surface area contributed by atoms with Crippen LogP contribution in [-0.2, 0) is 6.42 Å². The number of nitrogens with zero attached hydrogens (tertiary/aromatic N) is 2. The quantitative estimate of drug-likeness (QED) is 0.547. The van der Waals surface area contributed by atoms with Crippen LogP contribution in [0.1, 0.15) is 5.56 Å². The van der Waals surface area contributed by atoms with Crippen molar-refractivity contribution < 1.29 is 0 Å². The molecular formula is C21H21N3S. The Balaban J connectivity index is 1.67. The van der Waals surface area contributed by atoms with Crippen molar-refractivity contribution in [2.75, 3.05) is 20.6 Å². The third kappa shape index (κ3) is 3.36. The van der Waals surface area contributed by atoms with E-state index in [1.54, 1.807) is 11.3 Å². The van der Waals surface area contributed by atoms with Crippen LogP contribution in [0.4, 0.5) is 0 Å². The summed E-state index contributed by atoms with van der Waals surface area (Å²) in [4.78, 5) is 10.4. The molecule has 4 rings (SSSR count). The number of aromatic amines is 1. The molecule has 0 amide bonds. The van der Waals surface area contributed by atoms with Crippen molar-refractivity contribution >= 4 is 22.2 Å². The average molecular weight is 347 g/mol. The molecule has 0 spiro atoms. The topological polar surface area (TPSA) is 31.9 Å². The second-order valence-corrected chi connectivity index (χ2v) is 7.39. The van der Waals surface area contributed by atoms with Gasteiger partial charge in [0.25, 0.3) is 0 Å². The van der Waals surface area contributed by atoms with Crippen molar-refractivity contribution in [3.8, 4) is 21.8 Å². The summed E-state index contributed by atoms with van der Waals surface area (Å²) in [6.45, 7) is 1.05. The summed E-state index contributed by atoms with van der Waals surface area (Å²) in [5, 5.41) is 4.51. The fourth-order valence-electron chi connectivity index (χ4n) is 3.01. The van der Waals surface area contributed by atoms with Gasteiger partial charge in [0.2, 0.25) is 0 Å². The van der Waals surface area contributed by atoms with Crippen LogP contribution in [0.15, 0.2) is 60.1 Å². The number of hydrogen-bond acceptors (Lipinski definition) is 3. The second-order valence-electron chi connectivity index (χ2n) is 6.53. The first-order valence-corrected chi connectivity index (χ1v) is 9.35. The first-order valence-electron chi connectivity index (χ1n) is 8.47. The van der Waals surface area contributed by atoms with E-state index in [0.29, 0.717) is 0 Å². The number of nitrogens with one attached hydrogen (secondary N) is 1. The summed E-state index contributed by atoms with van der Waals surface area (Å²) >= 11 is 1.70. The van der Waals surface area contributed by atoms with Crippen molar-refractivity contribution in [2.45, 2.75) is 6.42 Å². The van der Waals surface area contributed by atoms with Crippen molar-refractivity contribution in [3.05, 3.63) is 65.7 Å². The molecule has 3 nitrogen and oxygen atoms in total. The van der Waals surface area contributed by atoms with E-state index in [4.69, 9.17) is 4.98 Å². The van der Waals surface area contributed by atoms with Crippen LogP contribution in [0.25, 0.3) is 32.7 Å². The van der Waals surface area contributed by atoms with E-state index in [-0.39, 0.29) is 0 Å². The van der Waals surface area contributed by atoms with E-state index in [1.807, 2.05) is 6.07 Å². The molecule has 0 bridgehead atoms. The minimum absolute atomic E-state index is 1.04. The molecule has 0 unspecified atom stereocenters. The zero-order chi connectivity index (χ0) is 17.2. The Morgan fingerprint density at radius 2 is 1.88 bits per heavy atom. The van der Waals surface area contributed by atoms with E-state index >= 15 is 0 Å². The molecular weight excluding hydrogens is 326 g/mol. The molecule has 0 atom stereocenters. The predicted octanol–water partition coefficient (Wildman–Crippen LogP) is 5.06. The van der Waals surface area contributed by atoms with Crippen LogP contribution in [0.2, 0.25) is 0 Å². The van der Waals surface area contributed by atoms with E-state index in [2.05, 4.69) is 78.0 Å². The SMILES string of the molecule is CN(C)CCc1c[nH]c2ccc(-c3nc(-c4ccccc4)cs3)cc12. The van der Waals surface area contributed by atoms with Gasteiger partial charge in [0.05, 0.1) is 5.69 Å². The summed E-state index contributed by atoms with van der Waals surface area (Å²) in [5.41, 5.74) is 5.95. The molecule has 2 aromatic carbocycles. The second kappa shape index (κ2) is 6.82. The fourth-order valence-corrected chi connectivity index (χ4v) is 3.84. The van der Waals surface area contributed by atoms with E-state index in [9.17, 15) is 0 Å². The zero-order valence-corrected chi connectivity index (χ0v) is 15.3. The van der Waals surface area contributed by atoms with Crippen LogP contribution in [0.5, 0.6) is 0 Å². The Kier molecular flexibility index (Phi) is 4.38. The van der Waals surface area contributed by atoms with E-state index in [0.717, 1.165) is 23.7 Å². The van der Waals surface area contributed by atoms with E-state index in [1.165, 1.54) is 27.6 Å². The van der Waals surface area contributed by atoms with Crippen LogP contribution >= 0.6 is 11.3 Å². The van der Waals surface area contributed by atoms with Gasteiger partial charge < -0.3 is 9.88 Å². The van der Waals surface area contributed by atoms with Gasteiger partial charge in [0.15, 0.2) is 0 Å². The molecule has 25 heavy (non-hydrogen) atoms. The van der Waals surface area contributed by atoms with Gasteiger partial charge in [-0.1, -0.05) is 30.3 Å². The molecule has 0 saturated heterocycles. The fraction of sp³-hybridized carbons (Fsp3) is 0.190. The highest BCUT2D eigenvalue weighted by atomic mass is 32.1. The molecule has 2 heterocycles. The van der Waals surface area contributed by atoms with Crippen molar-refractivity contribution in [3.63, 3.8) is 0 Å². The Morgan fingerprint density at radius 3 is 2.68 bits per heavy atom. The predicted molar refractivity (Wildman–Crippen MR) is 107 cm³/mol.